The van der Waals surface area contributed by atoms with Crippen LogP contribution in [0.2, 0.25) is 0 Å². The summed E-state index contributed by atoms with van der Waals surface area (Å²) in [7, 11) is 0. The lowest BCUT2D eigenvalue weighted by molar-refractivity contribution is -0.134. The maximum absolute atomic E-state index is 11.9. The lowest BCUT2D eigenvalue weighted by atomic mass is 9.94. The van der Waals surface area contributed by atoms with Crippen LogP contribution in [0.3, 0.4) is 0 Å². The van der Waals surface area contributed by atoms with Crippen molar-refractivity contribution in [3.8, 4) is 0 Å². The third-order valence-corrected chi connectivity index (χ3v) is 3.09. The average molecular weight is 240 g/mol. The first-order valence-corrected chi connectivity index (χ1v) is 6.43. The van der Waals surface area contributed by atoms with E-state index in [1.54, 1.807) is 0 Å². The summed E-state index contributed by atoms with van der Waals surface area (Å²) in [6.07, 6.45) is 2.48. The summed E-state index contributed by atoms with van der Waals surface area (Å²) in [6.45, 7) is 9.07. The Hall–Kier alpha value is -1.06. The minimum atomic E-state index is -0.364. The molecule has 1 N–H and O–H groups in total. The lowest BCUT2D eigenvalue weighted by Crippen LogP contribution is -2.51. The Kier molecular flexibility index (Phi) is 4.54. The molecule has 4 heteroatoms. The molecule has 0 bridgehead atoms. The van der Waals surface area contributed by atoms with Gasteiger partial charge in [0.05, 0.1) is 0 Å². The third-order valence-electron chi connectivity index (χ3n) is 3.09. The van der Waals surface area contributed by atoms with Crippen LogP contribution < -0.4 is 5.32 Å². The maximum atomic E-state index is 11.9. The van der Waals surface area contributed by atoms with Crippen LogP contribution in [0.25, 0.3) is 0 Å². The van der Waals surface area contributed by atoms with Crippen LogP contribution in [-0.2, 0) is 9.59 Å². The molecule has 2 amide bonds. The molecule has 1 aliphatic rings. The molecule has 1 atom stereocenters. The summed E-state index contributed by atoms with van der Waals surface area (Å²) in [5.41, 5.74) is -0.364. The fourth-order valence-electron chi connectivity index (χ4n) is 1.95. The van der Waals surface area contributed by atoms with Gasteiger partial charge in [-0.1, -0.05) is 27.7 Å². The second-order valence-corrected chi connectivity index (χ2v) is 5.76. The van der Waals surface area contributed by atoms with Crippen molar-refractivity contribution in [1.29, 1.82) is 0 Å². The number of nitrogens with zero attached hydrogens (tertiary/aromatic N) is 1. The summed E-state index contributed by atoms with van der Waals surface area (Å²) >= 11 is 0. The van der Waals surface area contributed by atoms with E-state index < -0.39 is 0 Å². The van der Waals surface area contributed by atoms with Gasteiger partial charge in [-0.25, -0.2) is 0 Å². The van der Waals surface area contributed by atoms with E-state index in [0.717, 1.165) is 19.4 Å². The molecule has 4 nitrogen and oxygen atoms in total. The summed E-state index contributed by atoms with van der Waals surface area (Å²) in [5.74, 6) is 0.244. The zero-order valence-electron chi connectivity index (χ0n) is 11.4. The van der Waals surface area contributed by atoms with Gasteiger partial charge in [0.2, 0.25) is 11.8 Å². The van der Waals surface area contributed by atoms with Crippen LogP contribution in [0, 0.1) is 5.41 Å². The van der Waals surface area contributed by atoms with E-state index in [4.69, 9.17) is 0 Å². The van der Waals surface area contributed by atoms with E-state index in [1.807, 2.05) is 32.6 Å². The number of hydrogen-bond acceptors (Lipinski definition) is 2. The molecular weight excluding hydrogens is 216 g/mol. The molecule has 0 aromatic heterocycles. The highest BCUT2D eigenvalue weighted by Gasteiger charge is 2.27. The lowest BCUT2D eigenvalue weighted by Gasteiger charge is -2.34. The molecule has 0 aliphatic carbocycles. The van der Waals surface area contributed by atoms with Crippen LogP contribution in [-0.4, -0.2) is 35.8 Å². The van der Waals surface area contributed by atoms with Gasteiger partial charge in [-0.05, 0) is 12.8 Å². The number of likely N-dealkylation sites (tertiary alicyclic amines) is 1. The van der Waals surface area contributed by atoms with E-state index in [-0.39, 0.29) is 23.3 Å². The number of rotatable bonds is 2. The Morgan fingerprint density at radius 3 is 2.53 bits per heavy atom. The van der Waals surface area contributed by atoms with E-state index in [0.29, 0.717) is 13.0 Å². The largest absolute Gasteiger partial charge is 0.351 e. The fraction of sp³-hybridized carbons (Fsp3) is 0.846. The molecule has 1 fully saturated rings. The minimum Gasteiger partial charge on any atom is -0.351 e. The molecule has 0 aromatic carbocycles. The average Bonchev–Trinajstić information content (AvgIpc) is 2.27. The van der Waals surface area contributed by atoms with Gasteiger partial charge in [0.1, 0.15) is 0 Å². The van der Waals surface area contributed by atoms with Crippen molar-refractivity contribution in [2.45, 2.75) is 53.0 Å². The summed E-state index contributed by atoms with van der Waals surface area (Å²) in [4.78, 5) is 25.3. The first kappa shape index (κ1) is 14.0. The zero-order chi connectivity index (χ0) is 13.1. The monoisotopic (exact) mass is 240 g/mol. The van der Waals surface area contributed by atoms with Gasteiger partial charge in [-0.3, -0.25) is 9.59 Å². The van der Waals surface area contributed by atoms with Gasteiger partial charge in [0, 0.05) is 31.0 Å². The number of nitrogens with one attached hydrogen (secondary N) is 1. The Balaban J connectivity index is 2.50. The van der Waals surface area contributed by atoms with E-state index in [1.165, 1.54) is 0 Å². The fourth-order valence-corrected chi connectivity index (χ4v) is 1.95. The second kappa shape index (κ2) is 5.52. The first-order chi connectivity index (χ1) is 7.84. The van der Waals surface area contributed by atoms with Gasteiger partial charge < -0.3 is 10.2 Å². The zero-order valence-corrected chi connectivity index (χ0v) is 11.4. The van der Waals surface area contributed by atoms with Gasteiger partial charge in [0.15, 0.2) is 0 Å². The Labute approximate surface area is 104 Å². The van der Waals surface area contributed by atoms with Gasteiger partial charge in [0.25, 0.3) is 0 Å². The van der Waals surface area contributed by atoms with Gasteiger partial charge in [-0.15, -0.1) is 0 Å². The third kappa shape index (κ3) is 4.02. The Morgan fingerprint density at radius 2 is 2.00 bits per heavy atom. The number of carbonyl (C=O) groups is 2. The van der Waals surface area contributed by atoms with Crippen LogP contribution in [0.1, 0.15) is 47.0 Å². The molecule has 0 saturated carbocycles. The molecule has 0 spiro atoms. The van der Waals surface area contributed by atoms with Crippen LogP contribution in [0.4, 0.5) is 0 Å². The number of piperidine rings is 1. The first-order valence-electron chi connectivity index (χ1n) is 6.43. The normalized spacial score (nSPS) is 21.2. The highest BCUT2D eigenvalue weighted by molar-refractivity contribution is 5.81. The molecule has 1 heterocycles. The minimum absolute atomic E-state index is 0.0632. The van der Waals surface area contributed by atoms with E-state index in [2.05, 4.69) is 5.32 Å². The molecule has 0 aromatic rings. The van der Waals surface area contributed by atoms with Crippen LogP contribution in [0.15, 0.2) is 0 Å². The van der Waals surface area contributed by atoms with Crippen molar-refractivity contribution in [2.24, 2.45) is 5.41 Å². The van der Waals surface area contributed by atoms with Crippen molar-refractivity contribution < 1.29 is 9.59 Å². The maximum Gasteiger partial charge on any atom is 0.225 e. The molecule has 98 valence electrons. The molecular formula is C13H24N2O2. The molecule has 1 aliphatic heterocycles. The predicted octanol–water partition coefficient (Wildman–Crippen LogP) is 1.55. The molecule has 1 unspecified atom stereocenters. The van der Waals surface area contributed by atoms with Crippen molar-refractivity contribution in [3.63, 3.8) is 0 Å². The summed E-state index contributed by atoms with van der Waals surface area (Å²) in [5, 5.41) is 3.03. The number of amides is 2. The highest BCUT2D eigenvalue weighted by atomic mass is 16.2. The topological polar surface area (TPSA) is 49.4 Å². The van der Waals surface area contributed by atoms with Gasteiger partial charge >= 0.3 is 0 Å². The molecule has 1 rings (SSSR count). The van der Waals surface area contributed by atoms with Crippen molar-refractivity contribution >= 4 is 11.8 Å². The van der Waals surface area contributed by atoms with Crippen LogP contribution in [0.5, 0.6) is 0 Å². The van der Waals surface area contributed by atoms with Crippen molar-refractivity contribution in [3.05, 3.63) is 0 Å². The predicted molar refractivity (Wildman–Crippen MR) is 67.5 cm³/mol. The summed E-state index contributed by atoms with van der Waals surface area (Å²) < 4.78 is 0. The molecule has 1 saturated heterocycles. The smallest absolute Gasteiger partial charge is 0.225 e. The van der Waals surface area contributed by atoms with Gasteiger partial charge in [-0.2, -0.15) is 0 Å². The van der Waals surface area contributed by atoms with E-state index >= 15 is 0 Å². The SMILES string of the molecule is CCC(=O)N1CCCC(NC(=O)C(C)(C)C)C1. The molecule has 0 radical (unpaired) electrons. The summed E-state index contributed by atoms with van der Waals surface area (Å²) in [6, 6.07) is 0.117. The molecule has 17 heavy (non-hydrogen) atoms. The quantitative estimate of drug-likeness (QED) is 0.796. The number of carbonyl (C=O) groups excluding carboxylic acids is 2. The van der Waals surface area contributed by atoms with Crippen molar-refractivity contribution in [2.75, 3.05) is 13.1 Å². The van der Waals surface area contributed by atoms with Crippen LogP contribution >= 0.6 is 0 Å². The second-order valence-electron chi connectivity index (χ2n) is 5.76. The highest BCUT2D eigenvalue weighted by Crippen LogP contribution is 2.16. The Morgan fingerprint density at radius 1 is 1.35 bits per heavy atom. The standard InChI is InChI=1S/C13H24N2O2/c1-5-11(16)15-8-6-7-10(9-15)14-12(17)13(2,3)4/h10H,5-9H2,1-4H3,(H,14,17). The Bertz CT molecular complexity index is 294. The van der Waals surface area contributed by atoms with E-state index in [9.17, 15) is 9.59 Å². The number of hydrogen-bond donors (Lipinski definition) is 1. The van der Waals surface area contributed by atoms with Crippen molar-refractivity contribution in [1.82, 2.24) is 10.2 Å².